The second-order valence-corrected chi connectivity index (χ2v) is 6.04. The highest BCUT2D eigenvalue weighted by Crippen LogP contribution is 2.14. The normalized spacial score (nSPS) is 26.9. The van der Waals surface area contributed by atoms with Crippen molar-refractivity contribution < 1.29 is 4.79 Å². The molecule has 114 valence electrons. The predicted molar refractivity (Wildman–Crippen MR) is 84.4 cm³/mol. The van der Waals surface area contributed by atoms with Gasteiger partial charge in [0, 0.05) is 26.2 Å². The molecule has 2 aliphatic heterocycles. The van der Waals surface area contributed by atoms with Crippen molar-refractivity contribution in [3.05, 3.63) is 35.9 Å². The van der Waals surface area contributed by atoms with E-state index in [9.17, 15) is 4.79 Å². The summed E-state index contributed by atoms with van der Waals surface area (Å²) >= 11 is 0. The summed E-state index contributed by atoms with van der Waals surface area (Å²) in [6.07, 6.45) is 3.14. The summed E-state index contributed by atoms with van der Waals surface area (Å²) in [5, 5.41) is 6.72. The Labute approximate surface area is 126 Å². The molecule has 3 rings (SSSR count). The van der Waals surface area contributed by atoms with Crippen molar-refractivity contribution in [1.29, 1.82) is 0 Å². The first kappa shape index (κ1) is 14.7. The highest BCUT2D eigenvalue weighted by molar-refractivity contribution is 5.89. The second kappa shape index (κ2) is 7.16. The molecule has 1 aromatic rings. The van der Waals surface area contributed by atoms with Gasteiger partial charge in [-0.15, -0.1) is 0 Å². The van der Waals surface area contributed by atoms with E-state index >= 15 is 0 Å². The summed E-state index contributed by atoms with van der Waals surface area (Å²) in [4.78, 5) is 15.0. The lowest BCUT2D eigenvalue weighted by molar-refractivity contribution is -0.126. The van der Waals surface area contributed by atoms with Gasteiger partial charge in [0.2, 0.25) is 0 Å². The molecule has 2 saturated heterocycles. The molecule has 0 bridgehead atoms. The maximum Gasteiger partial charge on any atom is 0.168 e. The Morgan fingerprint density at radius 1 is 1.24 bits per heavy atom. The fourth-order valence-corrected chi connectivity index (χ4v) is 3.37. The van der Waals surface area contributed by atoms with Crippen LogP contribution in [0.1, 0.15) is 18.4 Å². The van der Waals surface area contributed by atoms with Crippen LogP contribution in [-0.4, -0.2) is 55.5 Å². The van der Waals surface area contributed by atoms with Gasteiger partial charge in [0.1, 0.15) is 0 Å². The molecule has 1 unspecified atom stereocenters. The van der Waals surface area contributed by atoms with Gasteiger partial charge in [-0.1, -0.05) is 30.3 Å². The number of nitrogens with one attached hydrogen (secondary N) is 2. The van der Waals surface area contributed by atoms with Gasteiger partial charge in [-0.05, 0) is 31.4 Å². The molecule has 2 N–H and O–H groups in total. The molecule has 21 heavy (non-hydrogen) atoms. The molecule has 1 aromatic carbocycles. The van der Waals surface area contributed by atoms with Crippen LogP contribution in [0.3, 0.4) is 0 Å². The van der Waals surface area contributed by atoms with E-state index in [-0.39, 0.29) is 12.1 Å². The lowest BCUT2D eigenvalue weighted by Gasteiger charge is -2.36. The molecule has 2 heterocycles. The van der Waals surface area contributed by atoms with Crippen LogP contribution < -0.4 is 10.6 Å². The number of hydrogen-bond donors (Lipinski definition) is 2. The van der Waals surface area contributed by atoms with Gasteiger partial charge in [-0.2, -0.15) is 0 Å². The lowest BCUT2D eigenvalue weighted by Crippen LogP contribution is -2.58. The maximum absolute atomic E-state index is 12.7. The molecule has 2 fully saturated rings. The minimum atomic E-state index is 0.0399. The summed E-state index contributed by atoms with van der Waals surface area (Å²) in [5.41, 5.74) is 1.35. The van der Waals surface area contributed by atoms with E-state index in [4.69, 9.17) is 0 Å². The average molecular weight is 287 g/mol. The third-order valence-electron chi connectivity index (χ3n) is 4.62. The number of hydrogen-bond acceptors (Lipinski definition) is 4. The maximum atomic E-state index is 12.7. The summed E-state index contributed by atoms with van der Waals surface area (Å²) in [6.45, 7) is 4.70. The fraction of sp³-hybridized carbons (Fsp3) is 0.588. The topological polar surface area (TPSA) is 44.4 Å². The van der Waals surface area contributed by atoms with Crippen LogP contribution >= 0.6 is 0 Å². The third kappa shape index (κ3) is 3.70. The number of piperazine rings is 1. The number of carbonyl (C=O) groups excluding carboxylic acids is 1. The Kier molecular flexibility index (Phi) is 5.01. The summed E-state index contributed by atoms with van der Waals surface area (Å²) in [6, 6.07) is 10.7. The molecule has 0 spiro atoms. The van der Waals surface area contributed by atoms with Crippen molar-refractivity contribution in [2.24, 2.45) is 0 Å². The molecule has 2 atom stereocenters. The van der Waals surface area contributed by atoms with Gasteiger partial charge < -0.3 is 10.6 Å². The quantitative estimate of drug-likeness (QED) is 0.842. The first-order valence-electron chi connectivity index (χ1n) is 8.10. The molecular weight excluding hydrogens is 262 g/mol. The Morgan fingerprint density at radius 3 is 2.86 bits per heavy atom. The lowest BCUT2D eigenvalue weighted by atomic mass is 10.00. The van der Waals surface area contributed by atoms with E-state index in [1.807, 2.05) is 6.07 Å². The smallest absolute Gasteiger partial charge is 0.168 e. The molecule has 0 amide bonds. The Morgan fingerprint density at radius 2 is 2.10 bits per heavy atom. The number of rotatable bonds is 5. The van der Waals surface area contributed by atoms with Crippen LogP contribution in [0, 0.1) is 0 Å². The van der Waals surface area contributed by atoms with Gasteiger partial charge in [0.25, 0.3) is 0 Å². The van der Waals surface area contributed by atoms with Crippen LogP contribution in [0.15, 0.2) is 30.3 Å². The molecule has 0 aromatic heterocycles. The zero-order valence-electron chi connectivity index (χ0n) is 12.6. The van der Waals surface area contributed by atoms with Crippen LogP contribution in [0.4, 0.5) is 0 Å². The molecule has 0 aliphatic carbocycles. The summed E-state index contributed by atoms with van der Waals surface area (Å²) < 4.78 is 0. The first-order chi connectivity index (χ1) is 10.3. The fourth-order valence-electron chi connectivity index (χ4n) is 3.37. The Bertz CT molecular complexity index is 456. The zero-order valence-corrected chi connectivity index (χ0v) is 12.6. The number of Topliss-reactive ketones (excluding diaryl/α,β-unsaturated/α-hetero) is 1. The van der Waals surface area contributed by atoms with Crippen molar-refractivity contribution >= 4 is 5.78 Å². The summed E-state index contributed by atoms with van der Waals surface area (Å²) in [5.74, 6) is 0.382. The van der Waals surface area contributed by atoms with E-state index in [2.05, 4.69) is 39.8 Å². The minimum absolute atomic E-state index is 0.0399. The SMILES string of the molecule is O=C(C1CNCCN1CCc1ccccc1)[C@@H]1CCCN1. The monoisotopic (exact) mass is 287 g/mol. The van der Waals surface area contributed by atoms with Crippen LogP contribution in [0.2, 0.25) is 0 Å². The summed E-state index contributed by atoms with van der Waals surface area (Å²) in [7, 11) is 0. The van der Waals surface area contributed by atoms with Crippen LogP contribution in [0.25, 0.3) is 0 Å². The van der Waals surface area contributed by atoms with Crippen molar-refractivity contribution in [3.8, 4) is 0 Å². The number of ketones is 1. The predicted octanol–water partition coefficient (Wildman–Crippen LogP) is 0.824. The van der Waals surface area contributed by atoms with Gasteiger partial charge in [0.05, 0.1) is 12.1 Å². The zero-order chi connectivity index (χ0) is 14.5. The van der Waals surface area contributed by atoms with Gasteiger partial charge in [0.15, 0.2) is 5.78 Å². The molecule has 4 nitrogen and oxygen atoms in total. The highest BCUT2D eigenvalue weighted by Gasteiger charge is 2.34. The number of benzene rings is 1. The van der Waals surface area contributed by atoms with E-state index in [1.165, 1.54) is 5.56 Å². The van der Waals surface area contributed by atoms with Gasteiger partial charge in [-0.3, -0.25) is 9.69 Å². The minimum Gasteiger partial charge on any atom is -0.313 e. The molecular formula is C17H25N3O. The standard InChI is InChI=1S/C17H25N3O/c21-17(15-7-4-9-19-15)16-13-18-10-12-20(16)11-8-14-5-2-1-3-6-14/h1-3,5-6,15-16,18-19H,4,7-13H2/t15-,16?/m0/s1. The van der Waals surface area contributed by atoms with Gasteiger partial charge in [-0.25, -0.2) is 0 Å². The average Bonchev–Trinajstić information content (AvgIpc) is 3.08. The first-order valence-corrected chi connectivity index (χ1v) is 8.10. The molecule has 0 radical (unpaired) electrons. The molecule has 0 saturated carbocycles. The van der Waals surface area contributed by atoms with Crippen molar-refractivity contribution in [2.45, 2.75) is 31.3 Å². The van der Waals surface area contributed by atoms with E-state index in [1.54, 1.807) is 0 Å². The van der Waals surface area contributed by atoms with Crippen molar-refractivity contribution in [3.63, 3.8) is 0 Å². The molecule has 4 heteroatoms. The van der Waals surface area contributed by atoms with Crippen molar-refractivity contribution in [1.82, 2.24) is 15.5 Å². The van der Waals surface area contributed by atoms with Crippen LogP contribution in [-0.2, 0) is 11.2 Å². The van der Waals surface area contributed by atoms with E-state index in [0.29, 0.717) is 5.78 Å². The van der Waals surface area contributed by atoms with Gasteiger partial charge >= 0.3 is 0 Å². The Balaban J connectivity index is 1.59. The Hall–Kier alpha value is -1.23. The molecule has 2 aliphatic rings. The van der Waals surface area contributed by atoms with E-state index < -0.39 is 0 Å². The van der Waals surface area contributed by atoms with E-state index in [0.717, 1.165) is 52.0 Å². The third-order valence-corrected chi connectivity index (χ3v) is 4.62. The largest absolute Gasteiger partial charge is 0.313 e. The number of carbonyl (C=O) groups is 1. The van der Waals surface area contributed by atoms with Crippen molar-refractivity contribution in [2.75, 3.05) is 32.7 Å². The highest BCUT2D eigenvalue weighted by atomic mass is 16.1. The second-order valence-electron chi connectivity index (χ2n) is 6.04. The van der Waals surface area contributed by atoms with Crippen LogP contribution in [0.5, 0.6) is 0 Å². The number of nitrogens with zero attached hydrogens (tertiary/aromatic N) is 1.